The molecule has 2 aromatic rings. The van der Waals surface area contributed by atoms with Crippen molar-refractivity contribution in [1.82, 2.24) is 0 Å². The van der Waals surface area contributed by atoms with Gasteiger partial charge in [-0.2, -0.15) is 0 Å². The fraction of sp³-hybridized carbons (Fsp3) is 0.250. The van der Waals surface area contributed by atoms with Gasteiger partial charge in [0.2, 0.25) is 0 Å². The predicted molar refractivity (Wildman–Crippen MR) is 83.4 cm³/mol. The van der Waals surface area contributed by atoms with Gasteiger partial charge in [-0.25, -0.2) is 0 Å². The first-order valence-corrected chi connectivity index (χ1v) is 7.00. The second-order valence-corrected chi connectivity index (χ2v) is 5.34. The summed E-state index contributed by atoms with van der Waals surface area (Å²) in [5, 5.41) is 0.407. The van der Waals surface area contributed by atoms with Crippen molar-refractivity contribution >= 4 is 23.2 Å². The number of methoxy groups -OCH3 is 2. The van der Waals surface area contributed by atoms with Gasteiger partial charge in [-0.05, 0) is 42.3 Å². The molecule has 0 heterocycles. The molecule has 0 N–H and O–H groups in total. The third-order valence-electron chi connectivity index (χ3n) is 3.22. The van der Waals surface area contributed by atoms with Crippen molar-refractivity contribution in [3.8, 4) is 11.5 Å². The normalized spacial score (nSPS) is 12.1. The van der Waals surface area contributed by atoms with Crippen LogP contribution >= 0.6 is 23.2 Å². The van der Waals surface area contributed by atoms with Crippen LogP contribution in [-0.2, 0) is 0 Å². The quantitative estimate of drug-likeness (QED) is 0.740. The Bertz CT molecular complexity index is 611. The second kappa shape index (κ2) is 6.38. The molecule has 4 heteroatoms. The third kappa shape index (κ3) is 3.02. The summed E-state index contributed by atoms with van der Waals surface area (Å²) >= 11 is 12.6. The fourth-order valence-electron chi connectivity index (χ4n) is 2.12. The summed E-state index contributed by atoms with van der Waals surface area (Å²) in [6.45, 7) is 1.99. The molecule has 2 aromatic carbocycles. The number of aryl methyl sites for hydroxylation is 1. The standard InChI is InChI=1S/C16H16Cl2O2/c1-10-8-11(17)4-6-13(10)16(18)14-7-5-12(19-2)9-15(14)20-3/h4-9,16H,1-3H3. The number of rotatable bonds is 4. The molecule has 0 spiro atoms. The lowest BCUT2D eigenvalue weighted by Gasteiger charge is -2.17. The number of hydrogen-bond acceptors (Lipinski definition) is 2. The minimum absolute atomic E-state index is 0.298. The highest BCUT2D eigenvalue weighted by Crippen LogP contribution is 2.38. The molecule has 20 heavy (non-hydrogen) atoms. The van der Waals surface area contributed by atoms with Crippen molar-refractivity contribution in [1.29, 1.82) is 0 Å². The Morgan fingerprint density at radius 1 is 0.950 bits per heavy atom. The Balaban J connectivity index is 2.44. The molecule has 0 aliphatic carbocycles. The highest BCUT2D eigenvalue weighted by molar-refractivity contribution is 6.30. The summed E-state index contributed by atoms with van der Waals surface area (Å²) in [6, 6.07) is 11.3. The van der Waals surface area contributed by atoms with Crippen molar-refractivity contribution in [3.05, 3.63) is 58.1 Å². The number of alkyl halides is 1. The van der Waals surface area contributed by atoms with Gasteiger partial charge in [0.05, 0.1) is 19.6 Å². The van der Waals surface area contributed by atoms with Gasteiger partial charge >= 0.3 is 0 Å². The van der Waals surface area contributed by atoms with E-state index in [1.807, 2.05) is 43.3 Å². The van der Waals surface area contributed by atoms with Crippen LogP contribution in [0, 0.1) is 6.92 Å². The molecule has 2 rings (SSSR count). The Morgan fingerprint density at radius 3 is 2.25 bits per heavy atom. The highest BCUT2D eigenvalue weighted by Gasteiger charge is 2.18. The summed E-state index contributed by atoms with van der Waals surface area (Å²) in [5.41, 5.74) is 2.97. The zero-order valence-electron chi connectivity index (χ0n) is 11.6. The first-order chi connectivity index (χ1) is 9.56. The fourth-order valence-corrected chi connectivity index (χ4v) is 2.77. The van der Waals surface area contributed by atoms with E-state index >= 15 is 0 Å². The van der Waals surface area contributed by atoms with Gasteiger partial charge in [0, 0.05) is 16.7 Å². The minimum atomic E-state index is -0.298. The predicted octanol–water partition coefficient (Wildman–Crippen LogP) is 4.99. The van der Waals surface area contributed by atoms with E-state index < -0.39 is 0 Å². The summed E-state index contributed by atoms with van der Waals surface area (Å²) in [4.78, 5) is 0. The van der Waals surface area contributed by atoms with Crippen LogP contribution in [0.1, 0.15) is 22.1 Å². The summed E-state index contributed by atoms with van der Waals surface area (Å²) < 4.78 is 10.6. The molecule has 2 nitrogen and oxygen atoms in total. The molecule has 0 aliphatic rings. The third-order valence-corrected chi connectivity index (χ3v) is 3.92. The Labute approximate surface area is 129 Å². The maximum Gasteiger partial charge on any atom is 0.127 e. The van der Waals surface area contributed by atoms with E-state index in [-0.39, 0.29) is 5.38 Å². The van der Waals surface area contributed by atoms with Gasteiger partial charge < -0.3 is 9.47 Å². The molecule has 0 fully saturated rings. The average molecular weight is 311 g/mol. The molecule has 0 radical (unpaired) electrons. The molecule has 0 saturated heterocycles. The monoisotopic (exact) mass is 310 g/mol. The van der Waals surface area contributed by atoms with E-state index in [1.54, 1.807) is 14.2 Å². The zero-order chi connectivity index (χ0) is 14.7. The number of hydrogen-bond donors (Lipinski definition) is 0. The molecule has 0 saturated carbocycles. The van der Waals surface area contributed by atoms with Gasteiger partial charge in [-0.3, -0.25) is 0 Å². The van der Waals surface area contributed by atoms with E-state index in [9.17, 15) is 0 Å². The molecular formula is C16H16Cl2O2. The smallest absolute Gasteiger partial charge is 0.127 e. The van der Waals surface area contributed by atoms with Gasteiger partial charge in [0.15, 0.2) is 0 Å². The van der Waals surface area contributed by atoms with E-state index in [0.717, 1.165) is 22.4 Å². The first kappa shape index (κ1) is 15.0. The van der Waals surface area contributed by atoms with Crippen LogP contribution in [0.5, 0.6) is 11.5 Å². The van der Waals surface area contributed by atoms with Crippen LogP contribution in [0.15, 0.2) is 36.4 Å². The molecular weight excluding hydrogens is 295 g/mol. The van der Waals surface area contributed by atoms with Crippen LogP contribution in [0.4, 0.5) is 0 Å². The van der Waals surface area contributed by atoms with E-state index in [0.29, 0.717) is 10.8 Å². The van der Waals surface area contributed by atoms with Crippen molar-refractivity contribution in [2.45, 2.75) is 12.3 Å². The number of benzene rings is 2. The number of ether oxygens (including phenoxy) is 2. The highest BCUT2D eigenvalue weighted by atomic mass is 35.5. The van der Waals surface area contributed by atoms with Crippen LogP contribution in [0.2, 0.25) is 5.02 Å². The largest absolute Gasteiger partial charge is 0.497 e. The second-order valence-electron chi connectivity index (χ2n) is 4.47. The maximum absolute atomic E-state index is 6.60. The Morgan fingerprint density at radius 2 is 1.65 bits per heavy atom. The van der Waals surface area contributed by atoms with Crippen LogP contribution in [0.25, 0.3) is 0 Å². The van der Waals surface area contributed by atoms with Gasteiger partial charge in [0.1, 0.15) is 11.5 Å². The molecule has 0 aliphatic heterocycles. The van der Waals surface area contributed by atoms with Gasteiger partial charge in [-0.15, -0.1) is 11.6 Å². The molecule has 0 amide bonds. The lowest BCUT2D eigenvalue weighted by Crippen LogP contribution is -2.00. The molecule has 1 atom stereocenters. The average Bonchev–Trinajstić information content (AvgIpc) is 2.46. The summed E-state index contributed by atoms with van der Waals surface area (Å²) in [5.74, 6) is 1.45. The topological polar surface area (TPSA) is 18.5 Å². The molecule has 106 valence electrons. The van der Waals surface area contributed by atoms with Gasteiger partial charge in [-0.1, -0.05) is 17.7 Å². The van der Waals surface area contributed by atoms with Crippen LogP contribution in [0.3, 0.4) is 0 Å². The van der Waals surface area contributed by atoms with Crippen molar-refractivity contribution < 1.29 is 9.47 Å². The van der Waals surface area contributed by atoms with Crippen LogP contribution in [-0.4, -0.2) is 14.2 Å². The molecule has 0 aromatic heterocycles. The summed E-state index contributed by atoms with van der Waals surface area (Å²) in [7, 11) is 3.24. The number of halogens is 2. The zero-order valence-corrected chi connectivity index (χ0v) is 13.1. The van der Waals surface area contributed by atoms with Crippen molar-refractivity contribution in [2.75, 3.05) is 14.2 Å². The minimum Gasteiger partial charge on any atom is -0.497 e. The molecule has 0 bridgehead atoms. The lowest BCUT2D eigenvalue weighted by molar-refractivity contribution is 0.391. The van der Waals surface area contributed by atoms with Gasteiger partial charge in [0.25, 0.3) is 0 Å². The maximum atomic E-state index is 6.60. The van der Waals surface area contributed by atoms with E-state index in [4.69, 9.17) is 32.7 Å². The van der Waals surface area contributed by atoms with E-state index in [2.05, 4.69) is 0 Å². The first-order valence-electron chi connectivity index (χ1n) is 6.19. The Hall–Kier alpha value is -1.38. The Kier molecular flexibility index (Phi) is 4.79. The molecule has 1 unspecified atom stereocenters. The SMILES string of the molecule is COc1ccc(C(Cl)c2ccc(Cl)cc2C)c(OC)c1. The van der Waals surface area contributed by atoms with Crippen molar-refractivity contribution in [3.63, 3.8) is 0 Å². The lowest BCUT2D eigenvalue weighted by atomic mass is 9.99. The van der Waals surface area contributed by atoms with Crippen molar-refractivity contribution in [2.24, 2.45) is 0 Å². The van der Waals surface area contributed by atoms with Crippen LogP contribution < -0.4 is 9.47 Å². The summed E-state index contributed by atoms with van der Waals surface area (Å²) in [6.07, 6.45) is 0. The van der Waals surface area contributed by atoms with E-state index in [1.165, 1.54) is 0 Å².